The molecule has 1 aliphatic rings. The van der Waals surface area contributed by atoms with Gasteiger partial charge >= 0.3 is 5.69 Å². The molecule has 10 heteroatoms. The lowest BCUT2D eigenvalue weighted by molar-refractivity contribution is -0.121. The summed E-state index contributed by atoms with van der Waals surface area (Å²) in [6, 6.07) is 5.17. The average Bonchev–Trinajstić information content (AvgIpc) is 3.24. The van der Waals surface area contributed by atoms with Crippen LogP contribution in [0, 0.1) is 11.3 Å². The number of hydrogen-bond acceptors (Lipinski definition) is 7. The summed E-state index contributed by atoms with van der Waals surface area (Å²) in [4.78, 5) is 37.6. The molecule has 30 heavy (non-hydrogen) atoms. The number of carbonyl (C=O) groups is 1. The van der Waals surface area contributed by atoms with Gasteiger partial charge in [-0.3, -0.25) is 14.2 Å². The van der Waals surface area contributed by atoms with Gasteiger partial charge in [-0.1, -0.05) is 0 Å². The average molecular weight is 414 g/mol. The number of nitrogens with zero attached hydrogens (tertiary/aromatic N) is 3. The number of ether oxygens (including phenoxy) is 3. The van der Waals surface area contributed by atoms with E-state index in [1.54, 1.807) is 12.1 Å². The molecule has 0 saturated heterocycles. The van der Waals surface area contributed by atoms with Crippen LogP contribution in [0.2, 0.25) is 0 Å². The van der Waals surface area contributed by atoms with E-state index in [1.807, 2.05) is 6.07 Å². The second-order valence-electron chi connectivity index (χ2n) is 6.66. The maximum atomic E-state index is 12.6. The Morgan fingerprint density at radius 3 is 2.43 bits per heavy atom. The van der Waals surface area contributed by atoms with Crippen molar-refractivity contribution in [3.05, 3.63) is 49.8 Å². The maximum Gasteiger partial charge on any atom is 0.331 e. The Labute approximate surface area is 172 Å². The van der Waals surface area contributed by atoms with Crippen LogP contribution in [-0.4, -0.2) is 36.4 Å². The molecule has 3 rings (SSSR count). The van der Waals surface area contributed by atoms with Gasteiger partial charge < -0.3 is 19.5 Å². The number of fused-ring (bicyclic) bond motifs is 1. The van der Waals surface area contributed by atoms with Crippen LogP contribution in [0.3, 0.4) is 0 Å². The molecule has 0 atom stereocenters. The van der Waals surface area contributed by atoms with Gasteiger partial charge in [-0.2, -0.15) is 5.26 Å². The van der Waals surface area contributed by atoms with Gasteiger partial charge in [0.05, 0.1) is 21.3 Å². The predicted octanol–water partition coefficient (Wildman–Crippen LogP) is 0.170. The molecule has 0 bridgehead atoms. The van der Waals surface area contributed by atoms with Gasteiger partial charge in [-0.15, -0.1) is 0 Å². The van der Waals surface area contributed by atoms with E-state index in [0.717, 1.165) is 4.57 Å². The van der Waals surface area contributed by atoms with Crippen molar-refractivity contribution in [2.75, 3.05) is 21.3 Å². The molecule has 1 aliphatic heterocycles. The first-order valence-electron chi connectivity index (χ1n) is 9.27. The first kappa shape index (κ1) is 21.0. The number of hydrogen-bond donors (Lipinski definition) is 1. The Balaban J connectivity index is 1.82. The number of carbonyl (C=O) groups excluding carboxylic acids is 1. The number of amides is 1. The molecule has 0 aliphatic carbocycles. The topological polar surface area (TPSA) is 125 Å². The minimum atomic E-state index is -0.741. The lowest BCUT2D eigenvalue weighted by Gasteiger charge is -2.15. The fraction of sp³-hybridized carbons (Fsp3) is 0.400. The molecule has 1 aromatic heterocycles. The monoisotopic (exact) mass is 414 g/mol. The summed E-state index contributed by atoms with van der Waals surface area (Å²) in [5, 5.41) is 12.0. The van der Waals surface area contributed by atoms with Crippen LogP contribution in [0.15, 0.2) is 21.7 Å². The quantitative estimate of drug-likeness (QED) is 0.685. The summed E-state index contributed by atoms with van der Waals surface area (Å²) in [6.07, 6.45) is 1.18. The SMILES string of the molecule is COc1cc(OC)c(OC)cc1CNC(=O)Cn1c(=O)c(C#N)c2n(c1=O)CCC2. The van der Waals surface area contributed by atoms with E-state index in [-0.39, 0.29) is 12.1 Å². The molecule has 0 spiro atoms. The Morgan fingerprint density at radius 2 is 1.80 bits per heavy atom. The number of rotatable bonds is 7. The highest BCUT2D eigenvalue weighted by atomic mass is 16.5. The molecule has 2 heterocycles. The van der Waals surface area contributed by atoms with E-state index in [2.05, 4.69) is 5.32 Å². The molecule has 1 aromatic carbocycles. The third-order valence-electron chi connectivity index (χ3n) is 5.01. The van der Waals surface area contributed by atoms with Crippen molar-refractivity contribution in [2.45, 2.75) is 32.5 Å². The summed E-state index contributed by atoms with van der Waals surface area (Å²) in [5.41, 5.74) is -0.334. The van der Waals surface area contributed by atoms with Crippen LogP contribution in [-0.2, 0) is 30.8 Å². The molecule has 1 N–H and O–H groups in total. The first-order chi connectivity index (χ1) is 14.4. The van der Waals surface area contributed by atoms with Gasteiger partial charge in [-0.25, -0.2) is 9.36 Å². The molecule has 2 aromatic rings. The third-order valence-corrected chi connectivity index (χ3v) is 5.01. The highest BCUT2D eigenvalue weighted by molar-refractivity contribution is 5.75. The number of nitrogens with one attached hydrogen (secondary N) is 1. The molecule has 158 valence electrons. The maximum absolute atomic E-state index is 12.6. The Hall–Kier alpha value is -3.74. The van der Waals surface area contributed by atoms with Gasteiger partial charge in [-0.05, 0) is 18.9 Å². The first-order valence-corrected chi connectivity index (χ1v) is 9.27. The van der Waals surface area contributed by atoms with Crippen molar-refractivity contribution in [2.24, 2.45) is 0 Å². The van der Waals surface area contributed by atoms with E-state index in [4.69, 9.17) is 14.2 Å². The molecular weight excluding hydrogens is 392 g/mol. The number of aromatic nitrogens is 2. The zero-order chi connectivity index (χ0) is 21.8. The standard InChI is InChI=1S/C20H22N4O6/c1-28-15-8-17(30-3)16(29-2)7-12(15)10-22-18(25)11-24-19(26)13(9-21)14-5-4-6-23(14)20(24)27/h7-8H,4-6,10-11H2,1-3H3,(H,22,25). The molecule has 0 saturated carbocycles. The Bertz CT molecular complexity index is 1140. The van der Waals surface area contributed by atoms with Gasteiger partial charge in [0.25, 0.3) is 5.56 Å². The van der Waals surface area contributed by atoms with Crippen molar-refractivity contribution in [1.29, 1.82) is 5.26 Å². The van der Waals surface area contributed by atoms with Crippen molar-refractivity contribution < 1.29 is 19.0 Å². The molecule has 1 amide bonds. The van der Waals surface area contributed by atoms with E-state index < -0.39 is 23.7 Å². The minimum Gasteiger partial charge on any atom is -0.496 e. The van der Waals surface area contributed by atoms with Gasteiger partial charge in [0.2, 0.25) is 5.91 Å². The lowest BCUT2D eigenvalue weighted by atomic mass is 10.1. The number of benzene rings is 1. The molecular formula is C20H22N4O6. The zero-order valence-electron chi connectivity index (χ0n) is 17.0. The highest BCUT2D eigenvalue weighted by Crippen LogP contribution is 2.34. The smallest absolute Gasteiger partial charge is 0.331 e. The Morgan fingerprint density at radius 1 is 1.13 bits per heavy atom. The second kappa shape index (κ2) is 8.73. The molecule has 10 nitrogen and oxygen atoms in total. The lowest BCUT2D eigenvalue weighted by Crippen LogP contribution is -2.45. The van der Waals surface area contributed by atoms with Crippen molar-refractivity contribution in [1.82, 2.24) is 14.5 Å². The van der Waals surface area contributed by atoms with E-state index in [9.17, 15) is 19.6 Å². The summed E-state index contributed by atoms with van der Waals surface area (Å²) >= 11 is 0. The van der Waals surface area contributed by atoms with Gasteiger partial charge in [0.1, 0.15) is 23.9 Å². The number of methoxy groups -OCH3 is 3. The second-order valence-corrected chi connectivity index (χ2v) is 6.66. The van der Waals surface area contributed by atoms with Crippen LogP contribution in [0.1, 0.15) is 23.2 Å². The van der Waals surface area contributed by atoms with E-state index in [0.29, 0.717) is 47.9 Å². The van der Waals surface area contributed by atoms with Crippen LogP contribution in [0.25, 0.3) is 0 Å². The largest absolute Gasteiger partial charge is 0.496 e. The van der Waals surface area contributed by atoms with Gasteiger partial charge in [0, 0.05) is 30.4 Å². The fourth-order valence-electron chi connectivity index (χ4n) is 3.51. The van der Waals surface area contributed by atoms with Crippen molar-refractivity contribution in [3.8, 4) is 23.3 Å². The fourth-order valence-corrected chi connectivity index (χ4v) is 3.51. The molecule has 0 fully saturated rings. The zero-order valence-corrected chi connectivity index (χ0v) is 17.0. The number of nitriles is 1. The van der Waals surface area contributed by atoms with Gasteiger partial charge in [0.15, 0.2) is 11.5 Å². The van der Waals surface area contributed by atoms with Crippen molar-refractivity contribution in [3.63, 3.8) is 0 Å². The normalized spacial score (nSPS) is 12.1. The van der Waals surface area contributed by atoms with Crippen LogP contribution >= 0.6 is 0 Å². The summed E-state index contributed by atoms with van der Waals surface area (Å²) in [5.74, 6) is 0.878. The minimum absolute atomic E-state index is 0.0779. The van der Waals surface area contributed by atoms with Crippen LogP contribution in [0.4, 0.5) is 0 Å². The van der Waals surface area contributed by atoms with E-state index in [1.165, 1.54) is 25.9 Å². The highest BCUT2D eigenvalue weighted by Gasteiger charge is 2.23. The Kier molecular flexibility index (Phi) is 6.11. The molecule has 0 radical (unpaired) electrons. The van der Waals surface area contributed by atoms with Crippen molar-refractivity contribution >= 4 is 5.91 Å². The van der Waals surface area contributed by atoms with Crippen LogP contribution < -0.4 is 30.8 Å². The summed E-state index contributed by atoms with van der Waals surface area (Å²) in [6.45, 7) is 0.0182. The molecule has 0 unspecified atom stereocenters. The van der Waals surface area contributed by atoms with Crippen LogP contribution in [0.5, 0.6) is 17.2 Å². The third kappa shape index (κ3) is 3.74. The van der Waals surface area contributed by atoms with E-state index >= 15 is 0 Å². The predicted molar refractivity (Wildman–Crippen MR) is 106 cm³/mol. The summed E-state index contributed by atoms with van der Waals surface area (Å²) < 4.78 is 18.0. The summed E-state index contributed by atoms with van der Waals surface area (Å²) in [7, 11) is 4.48.